The smallest absolute Gasteiger partial charge is 0.157 e. The van der Waals surface area contributed by atoms with Crippen molar-refractivity contribution in [3.05, 3.63) is 49.1 Å². The molecular formula is C15H11Cl3O2S. The van der Waals surface area contributed by atoms with Crippen LogP contribution in [0.25, 0.3) is 0 Å². The summed E-state index contributed by atoms with van der Waals surface area (Å²) in [5, 5.41) is 11.9. The molecule has 0 saturated carbocycles. The van der Waals surface area contributed by atoms with Crippen LogP contribution in [0.1, 0.15) is 16.9 Å². The number of halogens is 3. The Morgan fingerprint density at radius 1 is 1.19 bits per heavy atom. The van der Waals surface area contributed by atoms with E-state index in [4.69, 9.17) is 44.6 Å². The fourth-order valence-electron chi connectivity index (χ4n) is 1.58. The van der Waals surface area contributed by atoms with Gasteiger partial charge in [0.15, 0.2) is 5.75 Å². The first kappa shape index (κ1) is 16.5. The van der Waals surface area contributed by atoms with Gasteiger partial charge in [-0.1, -0.05) is 46.6 Å². The number of thiophene rings is 1. The molecule has 0 aliphatic heterocycles. The Balaban J connectivity index is 2.11. The van der Waals surface area contributed by atoms with Crippen LogP contribution in [0.4, 0.5) is 0 Å². The Bertz CT molecular complexity index is 663. The van der Waals surface area contributed by atoms with Crippen molar-refractivity contribution in [3.8, 4) is 17.6 Å². The second-order valence-corrected chi connectivity index (χ2v) is 6.27. The first-order valence-electron chi connectivity index (χ1n) is 6.05. The predicted molar refractivity (Wildman–Crippen MR) is 88.7 cm³/mol. The number of aliphatic hydroxyl groups excluding tert-OH is 1. The molecule has 2 rings (SSSR count). The quantitative estimate of drug-likeness (QED) is 0.775. The van der Waals surface area contributed by atoms with Gasteiger partial charge in [0, 0.05) is 17.0 Å². The van der Waals surface area contributed by atoms with Crippen molar-refractivity contribution < 1.29 is 9.84 Å². The number of benzene rings is 1. The summed E-state index contributed by atoms with van der Waals surface area (Å²) in [5.41, 5.74) is 0.884. The van der Waals surface area contributed by atoms with Crippen molar-refractivity contribution in [1.82, 2.24) is 0 Å². The van der Waals surface area contributed by atoms with Gasteiger partial charge in [-0.2, -0.15) is 0 Å². The number of aliphatic hydroxyl groups is 1. The molecule has 0 unspecified atom stereocenters. The van der Waals surface area contributed by atoms with E-state index in [0.717, 1.165) is 10.4 Å². The predicted octanol–water partition coefficient (Wildman–Crippen LogP) is 5.02. The lowest BCUT2D eigenvalue weighted by Gasteiger charge is -2.09. The molecule has 1 aromatic heterocycles. The Hall–Kier alpha value is -0.890. The minimum Gasteiger partial charge on any atom is -0.485 e. The van der Waals surface area contributed by atoms with Gasteiger partial charge in [0.2, 0.25) is 0 Å². The Morgan fingerprint density at radius 3 is 2.57 bits per heavy atom. The molecule has 0 bridgehead atoms. The third kappa shape index (κ3) is 4.54. The topological polar surface area (TPSA) is 29.5 Å². The van der Waals surface area contributed by atoms with E-state index in [1.807, 2.05) is 11.4 Å². The summed E-state index contributed by atoms with van der Waals surface area (Å²) in [4.78, 5) is 0.975. The van der Waals surface area contributed by atoms with E-state index in [1.54, 1.807) is 12.1 Å². The van der Waals surface area contributed by atoms with Crippen LogP contribution >= 0.6 is 46.1 Å². The normalized spacial score (nSPS) is 10.1. The third-order valence-corrected chi connectivity index (χ3v) is 4.19. The van der Waals surface area contributed by atoms with Gasteiger partial charge in [-0.25, -0.2) is 0 Å². The van der Waals surface area contributed by atoms with Gasteiger partial charge in [0.25, 0.3) is 0 Å². The molecule has 2 nitrogen and oxygen atoms in total. The average Bonchev–Trinajstić information content (AvgIpc) is 2.85. The molecule has 0 spiro atoms. The van der Waals surface area contributed by atoms with E-state index in [1.165, 1.54) is 11.3 Å². The Labute approximate surface area is 142 Å². The van der Waals surface area contributed by atoms with Gasteiger partial charge in [0.1, 0.15) is 6.61 Å². The van der Waals surface area contributed by atoms with Crippen LogP contribution in [0.3, 0.4) is 0 Å². The molecule has 6 heteroatoms. The highest BCUT2D eigenvalue weighted by Crippen LogP contribution is 2.36. The van der Waals surface area contributed by atoms with Crippen molar-refractivity contribution in [2.24, 2.45) is 0 Å². The summed E-state index contributed by atoms with van der Waals surface area (Å²) in [6, 6.07) is 5.08. The van der Waals surface area contributed by atoms with E-state index in [9.17, 15) is 0 Å². The van der Waals surface area contributed by atoms with E-state index >= 15 is 0 Å². The lowest BCUT2D eigenvalue weighted by atomic mass is 10.2. The summed E-state index contributed by atoms with van der Waals surface area (Å²) in [7, 11) is 0. The molecule has 0 saturated heterocycles. The van der Waals surface area contributed by atoms with Crippen molar-refractivity contribution in [2.75, 3.05) is 6.61 Å². The fraction of sp³-hybridized carbons (Fsp3) is 0.200. The van der Waals surface area contributed by atoms with E-state index in [0.29, 0.717) is 33.8 Å². The zero-order valence-electron chi connectivity index (χ0n) is 10.8. The highest BCUT2D eigenvalue weighted by Gasteiger charge is 2.11. The van der Waals surface area contributed by atoms with Gasteiger partial charge in [-0.15, -0.1) is 11.3 Å². The van der Waals surface area contributed by atoms with Crippen LogP contribution in [-0.2, 0) is 6.61 Å². The molecule has 0 radical (unpaired) electrons. The summed E-state index contributed by atoms with van der Waals surface area (Å²) in [6.07, 6.45) is 0.449. The number of rotatable bonds is 4. The summed E-state index contributed by atoms with van der Waals surface area (Å²) in [5.74, 6) is 6.30. The Kier molecular flexibility index (Phi) is 6.22. The zero-order chi connectivity index (χ0) is 15.2. The summed E-state index contributed by atoms with van der Waals surface area (Å²) >= 11 is 19.5. The van der Waals surface area contributed by atoms with Gasteiger partial charge < -0.3 is 9.84 Å². The van der Waals surface area contributed by atoms with Crippen LogP contribution in [-0.4, -0.2) is 11.7 Å². The molecule has 1 heterocycles. The second-order valence-electron chi connectivity index (χ2n) is 4.02. The largest absolute Gasteiger partial charge is 0.485 e. The molecule has 1 N–H and O–H groups in total. The standard InChI is InChI=1S/C15H11Cl3O2S/c16-11-7-12(17)15(13(18)8-11)20-9-14-10(4-6-21-14)3-1-2-5-19/h4,6-8,19H,2,5,9H2. The maximum atomic E-state index is 8.73. The molecule has 110 valence electrons. The van der Waals surface area contributed by atoms with Crippen molar-refractivity contribution in [1.29, 1.82) is 0 Å². The van der Waals surface area contributed by atoms with Crippen LogP contribution in [0, 0.1) is 11.8 Å². The first-order valence-corrected chi connectivity index (χ1v) is 8.06. The molecule has 0 atom stereocenters. The fourth-order valence-corrected chi connectivity index (χ4v) is 3.25. The maximum absolute atomic E-state index is 8.73. The number of hydrogen-bond acceptors (Lipinski definition) is 3. The molecule has 1 aromatic carbocycles. The molecule has 0 amide bonds. The van der Waals surface area contributed by atoms with Gasteiger partial charge in [0.05, 0.1) is 21.5 Å². The van der Waals surface area contributed by atoms with Gasteiger partial charge in [-0.3, -0.25) is 0 Å². The lowest BCUT2D eigenvalue weighted by molar-refractivity contribution is 0.305. The van der Waals surface area contributed by atoms with Crippen LogP contribution < -0.4 is 4.74 Å². The van der Waals surface area contributed by atoms with E-state index in [-0.39, 0.29) is 6.61 Å². The van der Waals surface area contributed by atoms with Crippen LogP contribution in [0.2, 0.25) is 15.1 Å². The lowest BCUT2D eigenvalue weighted by Crippen LogP contribution is -1.96. The molecule has 2 aromatic rings. The van der Waals surface area contributed by atoms with Crippen LogP contribution in [0.5, 0.6) is 5.75 Å². The van der Waals surface area contributed by atoms with Crippen molar-refractivity contribution in [2.45, 2.75) is 13.0 Å². The highest BCUT2D eigenvalue weighted by molar-refractivity contribution is 7.10. The molecule has 0 fully saturated rings. The SMILES string of the molecule is OCCC#Cc1ccsc1COc1c(Cl)cc(Cl)cc1Cl. The van der Waals surface area contributed by atoms with E-state index in [2.05, 4.69) is 11.8 Å². The van der Waals surface area contributed by atoms with Crippen LogP contribution in [0.15, 0.2) is 23.6 Å². The molecule has 0 aliphatic rings. The number of ether oxygens (including phenoxy) is 1. The molecule has 0 aliphatic carbocycles. The van der Waals surface area contributed by atoms with Crippen molar-refractivity contribution in [3.63, 3.8) is 0 Å². The molecular weight excluding hydrogens is 351 g/mol. The van der Waals surface area contributed by atoms with Gasteiger partial charge in [-0.05, 0) is 23.6 Å². The summed E-state index contributed by atoms with van der Waals surface area (Å²) < 4.78 is 5.68. The summed E-state index contributed by atoms with van der Waals surface area (Å²) in [6.45, 7) is 0.376. The Morgan fingerprint density at radius 2 is 1.90 bits per heavy atom. The van der Waals surface area contributed by atoms with Gasteiger partial charge >= 0.3 is 0 Å². The monoisotopic (exact) mass is 360 g/mol. The zero-order valence-corrected chi connectivity index (χ0v) is 13.9. The average molecular weight is 362 g/mol. The van der Waals surface area contributed by atoms with Crippen molar-refractivity contribution >= 4 is 46.1 Å². The maximum Gasteiger partial charge on any atom is 0.157 e. The molecule has 21 heavy (non-hydrogen) atoms. The second kappa shape index (κ2) is 7.93. The highest BCUT2D eigenvalue weighted by atomic mass is 35.5. The van der Waals surface area contributed by atoms with E-state index < -0.39 is 0 Å². The first-order chi connectivity index (χ1) is 10.1. The minimum atomic E-state index is 0.0545. The number of hydrogen-bond donors (Lipinski definition) is 1. The minimum absolute atomic E-state index is 0.0545. The third-order valence-electron chi connectivity index (χ3n) is 2.52.